The third-order valence-corrected chi connectivity index (χ3v) is 5.13. The van der Waals surface area contributed by atoms with Gasteiger partial charge in [-0.3, -0.25) is 4.99 Å². The molecule has 1 aliphatic carbocycles. The molecule has 6 nitrogen and oxygen atoms in total. The monoisotopic (exact) mass is 378 g/mol. The van der Waals surface area contributed by atoms with E-state index < -0.39 is 0 Å². The molecule has 0 radical (unpaired) electrons. The second-order valence-electron chi connectivity index (χ2n) is 7.01. The summed E-state index contributed by atoms with van der Waals surface area (Å²) in [5, 5.41) is 10.9. The van der Waals surface area contributed by atoms with E-state index in [1.54, 1.807) is 30.2 Å². The maximum atomic E-state index is 14.2. The lowest BCUT2D eigenvalue weighted by molar-refractivity contribution is 0.559. The molecule has 1 saturated carbocycles. The Morgan fingerprint density at radius 1 is 1.18 bits per heavy atom. The summed E-state index contributed by atoms with van der Waals surface area (Å²) in [7, 11) is 1.74. The number of rotatable bonds is 6. The molecule has 7 heteroatoms. The highest BCUT2D eigenvalue weighted by Gasteiger charge is 2.45. The van der Waals surface area contributed by atoms with E-state index in [-0.39, 0.29) is 11.2 Å². The highest BCUT2D eigenvalue weighted by molar-refractivity contribution is 5.79. The van der Waals surface area contributed by atoms with Crippen LogP contribution in [0.3, 0.4) is 0 Å². The fourth-order valence-electron chi connectivity index (χ4n) is 3.34. The molecule has 4 rings (SSSR count). The van der Waals surface area contributed by atoms with Gasteiger partial charge in [-0.1, -0.05) is 18.2 Å². The summed E-state index contributed by atoms with van der Waals surface area (Å²) in [6.07, 6.45) is 7.31. The molecule has 0 saturated heterocycles. The third kappa shape index (κ3) is 3.88. The second kappa shape index (κ2) is 7.80. The van der Waals surface area contributed by atoms with Gasteiger partial charge in [-0.05, 0) is 48.2 Å². The van der Waals surface area contributed by atoms with Crippen molar-refractivity contribution in [3.8, 4) is 5.82 Å². The fourth-order valence-corrected chi connectivity index (χ4v) is 3.34. The summed E-state index contributed by atoms with van der Waals surface area (Å²) in [6.45, 7) is 1.26. The van der Waals surface area contributed by atoms with E-state index in [9.17, 15) is 4.39 Å². The molecule has 0 aliphatic heterocycles. The molecule has 3 aromatic rings. The molecule has 0 bridgehead atoms. The molecule has 0 amide bonds. The van der Waals surface area contributed by atoms with Crippen molar-refractivity contribution < 1.29 is 4.39 Å². The molecular weight excluding hydrogens is 355 g/mol. The molecule has 2 aromatic heterocycles. The zero-order chi connectivity index (χ0) is 19.4. The molecule has 2 heterocycles. The van der Waals surface area contributed by atoms with Crippen molar-refractivity contribution in [2.75, 3.05) is 13.6 Å². The van der Waals surface area contributed by atoms with Gasteiger partial charge in [-0.15, -0.1) is 0 Å². The van der Waals surface area contributed by atoms with Crippen LogP contribution in [0, 0.1) is 5.82 Å². The number of nitrogens with zero attached hydrogens (tertiary/aromatic N) is 4. The van der Waals surface area contributed by atoms with Gasteiger partial charge in [0.25, 0.3) is 0 Å². The number of benzene rings is 1. The highest BCUT2D eigenvalue weighted by Crippen LogP contribution is 2.48. The maximum absolute atomic E-state index is 14.2. The lowest BCUT2D eigenvalue weighted by Gasteiger charge is -2.19. The molecule has 1 aromatic carbocycles. The predicted octanol–water partition coefficient (Wildman–Crippen LogP) is 2.80. The summed E-state index contributed by atoms with van der Waals surface area (Å²) in [5.74, 6) is 1.33. The Hall–Kier alpha value is -3.22. The molecule has 1 aliphatic rings. The van der Waals surface area contributed by atoms with Crippen molar-refractivity contribution in [2.24, 2.45) is 4.99 Å². The smallest absolute Gasteiger partial charge is 0.191 e. The zero-order valence-corrected chi connectivity index (χ0v) is 15.8. The van der Waals surface area contributed by atoms with Crippen LogP contribution in [0.25, 0.3) is 5.82 Å². The standard InChI is InChI=1S/C21H23FN6/c1-23-20(26-15-21(8-9-21)17-5-2-3-6-18(17)22)25-14-16-7-11-24-19(13-16)28-12-4-10-27-28/h2-7,10-13H,8-9,14-15H2,1H3,(H2,23,25,26). The van der Waals surface area contributed by atoms with E-state index in [1.165, 1.54) is 6.07 Å². The summed E-state index contributed by atoms with van der Waals surface area (Å²) in [6, 6.07) is 12.8. The van der Waals surface area contributed by atoms with Crippen molar-refractivity contribution in [2.45, 2.75) is 24.8 Å². The van der Waals surface area contributed by atoms with Crippen molar-refractivity contribution in [3.05, 3.63) is 78.0 Å². The predicted molar refractivity (Wildman–Crippen MR) is 107 cm³/mol. The lowest BCUT2D eigenvalue weighted by atomic mass is 9.95. The summed E-state index contributed by atoms with van der Waals surface area (Å²) in [4.78, 5) is 8.63. The van der Waals surface area contributed by atoms with Gasteiger partial charge in [0.2, 0.25) is 0 Å². The van der Waals surface area contributed by atoms with Crippen LogP contribution in [0.15, 0.2) is 66.0 Å². The second-order valence-corrected chi connectivity index (χ2v) is 7.01. The Morgan fingerprint density at radius 2 is 2.04 bits per heavy atom. The van der Waals surface area contributed by atoms with Crippen molar-refractivity contribution in [1.82, 2.24) is 25.4 Å². The van der Waals surface area contributed by atoms with Crippen LogP contribution in [0.1, 0.15) is 24.0 Å². The number of aliphatic imine (C=N–C) groups is 1. The number of aromatic nitrogens is 3. The van der Waals surface area contributed by atoms with Crippen LogP contribution in [0.4, 0.5) is 4.39 Å². The lowest BCUT2D eigenvalue weighted by Crippen LogP contribution is -2.41. The van der Waals surface area contributed by atoms with E-state index in [0.717, 1.165) is 29.8 Å². The normalized spacial score (nSPS) is 15.3. The largest absolute Gasteiger partial charge is 0.356 e. The Bertz CT molecular complexity index is 963. The Balaban J connectivity index is 1.36. The van der Waals surface area contributed by atoms with Gasteiger partial charge in [0, 0.05) is 44.1 Å². The van der Waals surface area contributed by atoms with Gasteiger partial charge in [-0.2, -0.15) is 5.10 Å². The van der Waals surface area contributed by atoms with Gasteiger partial charge >= 0.3 is 0 Å². The van der Waals surface area contributed by atoms with Gasteiger partial charge in [0.15, 0.2) is 11.8 Å². The van der Waals surface area contributed by atoms with E-state index in [1.807, 2.05) is 36.5 Å². The van der Waals surface area contributed by atoms with Gasteiger partial charge in [0.1, 0.15) is 5.82 Å². The van der Waals surface area contributed by atoms with Gasteiger partial charge in [0.05, 0.1) is 0 Å². The maximum Gasteiger partial charge on any atom is 0.191 e. The SMILES string of the molecule is CN=C(NCc1ccnc(-n2cccn2)c1)NCC1(c2ccccc2F)CC1. The Morgan fingerprint density at radius 3 is 2.75 bits per heavy atom. The van der Waals surface area contributed by atoms with Gasteiger partial charge < -0.3 is 10.6 Å². The highest BCUT2D eigenvalue weighted by atomic mass is 19.1. The molecule has 0 unspecified atom stereocenters. The molecule has 2 N–H and O–H groups in total. The molecule has 1 fully saturated rings. The number of hydrogen-bond acceptors (Lipinski definition) is 3. The van der Waals surface area contributed by atoms with Crippen LogP contribution < -0.4 is 10.6 Å². The van der Waals surface area contributed by atoms with E-state index in [4.69, 9.17) is 0 Å². The number of hydrogen-bond donors (Lipinski definition) is 2. The van der Waals surface area contributed by atoms with E-state index >= 15 is 0 Å². The Kier molecular flexibility index (Phi) is 5.06. The van der Waals surface area contributed by atoms with Crippen LogP contribution >= 0.6 is 0 Å². The third-order valence-electron chi connectivity index (χ3n) is 5.13. The van der Waals surface area contributed by atoms with Crippen molar-refractivity contribution in [3.63, 3.8) is 0 Å². The number of guanidine groups is 1. The minimum atomic E-state index is -0.132. The fraction of sp³-hybridized carbons (Fsp3) is 0.286. The van der Waals surface area contributed by atoms with E-state index in [0.29, 0.717) is 19.0 Å². The van der Waals surface area contributed by atoms with E-state index in [2.05, 4.69) is 25.7 Å². The first kappa shape index (κ1) is 18.2. The summed E-state index contributed by atoms with van der Waals surface area (Å²) < 4.78 is 15.9. The topological polar surface area (TPSA) is 67.1 Å². The molecule has 0 atom stereocenters. The number of nitrogens with one attached hydrogen (secondary N) is 2. The van der Waals surface area contributed by atoms with Gasteiger partial charge in [-0.25, -0.2) is 14.1 Å². The molecule has 0 spiro atoms. The van der Waals surface area contributed by atoms with Crippen molar-refractivity contribution >= 4 is 5.96 Å². The van der Waals surface area contributed by atoms with Crippen LogP contribution in [0.2, 0.25) is 0 Å². The first-order valence-electron chi connectivity index (χ1n) is 9.35. The quantitative estimate of drug-likeness (QED) is 0.511. The van der Waals surface area contributed by atoms with Crippen LogP contribution in [0.5, 0.6) is 0 Å². The van der Waals surface area contributed by atoms with Crippen LogP contribution in [-0.2, 0) is 12.0 Å². The number of pyridine rings is 1. The summed E-state index contributed by atoms with van der Waals surface area (Å²) >= 11 is 0. The average Bonchev–Trinajstić information content (AvgIpc) is 3.30. The Labute approximate surface area is 163 Å². The minimum Gasteiger partial charge on any atom is -0.356 e. The molecular formula is C21H23FN6. The first-order chi connectivity index (χ1) is 13.7. The summed E-state index contributed by atoms with van der Waals surface area (Å²) in [5.41, 5.74) is 1.72. The average molecular weight is 378 g/mol. The zero-order valence-electron chi connectivity index (χ0n) is 15.8. The first-order valence-corrected chi connectivity index (χ1v) is 9.35. The molecule has 144 valence electrons. The van der Waals surface area contributed by atoms with Crippen LogP contribution in [-0.4, -0.2) is 34.3 Å². The minimum absolute atomic E-state index is 0.132. The number of halogens is 1. The van der Waals surface area contributed by atoms with Crippen molar-refractivity contribution in [1.29, 1.82) is 0 Å². The molecule has 28 heavy (non-hydrogen) atoms.